The van der Waals surface area contributed by atoms with Crippen LogP contribution in [0.25, 0.3) is 11.4 Å². The molecule has 0 spiro atoms. The second-order valence-electron chi connectivity index (χ2n) is 8.44. The molecule has 0 saturated heterocycles. The van der Waals surface area contributed by atoms with Gasteiger partial charge in [-0.05, 0) is 63.1 Å². The SMILES string of the molecule is CC(C)NC(=O)Nc1ccc(-c2nc(N)cc(C3(S(=O)(=O)c4cc(F)cc(F)c4)CC3)n2)cc1. The molecule has 1 aromatic heterocycles. The van der Waals surface area contributed by atoms with Gasteiger partial charge in [-0.15, -0.1) is 0 Å². The van der Waals surface area contributed by atoms with Gasteiger partial charge >= 0.3 is 6.03 Å². The van der Waals surface area contributed by atoms with Crippen LogP contribution in [0.5, 0.6) is 0 Å². The number of carbonyl (C=O) groups excluding carboxylic acids is 1. The number of nitrogens with one attached hydrogen (secondary N) is 2. The van der Waals surface area contributed by atoms with E-state index in [4.69, 9.17) is 5.73 Å². The highest BCUT2D eigenvalue weighted by molar-refractivity contribution is 7.92. The number of urea groups is 1. The molecule has 2 aromatic carbocycles. The fraction of sp³-hybridized carbons (Fsp3) is 0.261. The van der Waals surface area contributed by atoms with Crippen molar-refractivity contribution in [2.24, 2.45) is 0 Å². The van der Waals surface area contributed by atoms with Crippen LogP contribution in [-0.2, 0) is 14.6 Å². The van der Waals surface area contributed by atoms with E-state index in [1.807, 2.05) is 13.8 Å². The Hall–Kier alpha value is -3.60. The summed E-state index contributed by atoms with van der Waals surface area (Å²) in [4.78, 5) is 20.1. The number of rotatable bonds is 6. The molecule has 1 saturated carbocycles. The Kier molecular flexibility index (Phi) is 5.98. The van der Waals surface area contributed by atoms with Crippen molar-refractivity contribution in [3.05, 3.63) is 65.9 Å². The van der Waals surface area contributed by atoms with Crippen LogP contribution in [0, 0.1) is 11.6 Å². The Bertz CT molecular complexity index is 1340. The fourth-order valence-electron chi connectivity index (χ4n) is 3.65. The second-order valence-corrected chi connectivity index (χ2v) is 10.7. The molecule has 178 valence electrons. The number of anilines is 2. The van der Waals surface area contributed by atoms with E-state index in [-0.39, 0.29) is 42.3 Å². The molecule has 4 N–H and O–H groups in total. The normalized spacial score (nSPS) is 14.6. The second kappa shape index (κ2) is 8.64. The molecule has 3 aromatic rings. The number of halogens is 2. The standard InChI is InChI=1S/C23H23F2N5O3S/c1-13(2)27-22(31)28-17-5-3-14(4-6-17)21-29-19(12-20(26)30-21)23(7-8-23)34(32,33)18-10-15(24)9-16(25)11-18/h3-6,9-13H,7-8H2,1-2H3,(H2,26,29,30)(H2,27,28,31). The minimum atomic E-state index is -4.15. The lowest BCUT2D eigenvalue weighted by molar-refractivity contribution is 0.250. The van der Waals surface area contributed by atoms with Crippen LogP contribution in [0.1, 0.15) is 32.4 Å². The largest absolute Gasteiger partial charge is 0.384 e. The smallest absolute Gasteiger partial charge is 0.319 e. The average molecular weight is 488 g/mol. The van der Waals surface area contributed by atoms with Crippen LogP contribution in [0.15, 0.2) is 53.4 Å². The number of hydrogen-bond donors (Lipinski definition) is 3. The highest BCUT2D eigenvalue weighted by Crippen LogP contribution is 2.55. The van der Waals surface area contributed by atoms with Crippen molar-refractivity contribution in [1.82, 2.24) is 15.3 Å². The Morgan fingerprint density at radius 1 is 1.03 bits per heavy atom. The molecule has 0 unspecified atom stereocenters. The van der Waals surface area contributed by atoms with Gasteiger partial charge in [0.1, 0.15) is 22.2 Å². The zero-order chi connectivity index (χ0) is 24.7. The van der Waals surface area contributed by atoms with Crippen molar-refractivity contribution in [3.63, 3.8) is 0 Å². The maximum absolute atomic E-state index is 13.7. The lowest BCUT2D eigenvalue weighted by Gasteiger charge is -2.17. The molecule has 0 radical (unpaired) electrons. The lowest BCUT2D eigenvalue weighted by atomic mass is 10.1. The predicted octanol–water partition coefficient (Wildman–Crippen LogP) is 4.00. The van der Waals surface area contributed by atoms with E-state index in [1.54, 1.807) is 24.3 Å². The van der Waals surface area contributed by atoms with Crippen LogP contribution in [0.2, 0.25) is 0 Å². The Morgan fingerprint density at radius 3 is 2.21 bits per heavy atom. The van der Waals surface area contributed by atoms with Crippen LogP contribution in [0.4, 0.5) is 25.1 Å². The molecule has 1 fully saturated rings. The quantitative estimate of drug-likeness (QED) is 0.482. The van der Waals surface area contributed by atoms with Gasteiger partial charge in [-0.2, -0.15) is 0 Å². The van der Waals surface area contributed by atoms with Crippen molar-refractivity contribution >= 4 is 27.4 Å². The van der Waals surface area contributed by atoms with Gasteiger partial charge in [0.2, 0.25) is 0 Å². The summed E-state index contributed by atoms with van der Waals surface area (Å²) in [6.07, 6.45) is 0.467. The van der Waals surface area contributed by atoms with E-state index in [2.05, 4.69) is 20.6 Å². The average Bonchev–Trinajstić information content (AvgIpc) is 3.55. The Morgan fingerprint density at radius 2 is 1.65 bits per heavy atom. The minimum Gasteiger partial charge on any atom is -0.384 e. The maximum Gasteiger partial charge on any atom is 0.319 e. The molecule has 11 heteroatoms. The van der Waals surface area contributed by atoms with Gasteiger partial charge in [0.25, 0.3) is 0 Å². The van der Waals surface area contributed by atoms with Gasteiger partial charge in [0, 0.05) is 29.4 Å². The van der Waals surface area contributed by atoms with Crippen molar-refractivity contribution in [3.8, 4) is 11.4 Å². The van der Waals surface area contributed by atoms with Gasteiger partial charge < -0.3 is 16.4 Å². The first-order valence-corrected chi connectivity index (χ1v) is 12.0. The van der Waals surface area contributed by atoms with Crippen LogP contribution >= 0.6 is 0 Å². The number of carbonyl (C=O) groups is 1. The maximum atomic E-state index is 13.7. The Labute approximate surface area is 195 Å². The molecular weight excluding hydrogens is 464 g/mol. The molecule has 2 amide bonds. The van der Waals surface area contributed by atoms with Crippen LogP contribution in [0.3, 0.4) is 0 Å². The van der Waals surface area contributed by atoms with Crippen LogP contribution in [-0.4, -0.2) is 30.5 Å². The van der Waals surface area contributed by atoms with E-state index in [9.17, 15) is 22.0 Å². The third-order valence-corrected chi connectivity index (χ3v) is 7.90. The molecular formula is C23H23F2N5O3S. The number of nitrogens with two attached hydrogens (primary N) is 1. The van der Waals surface area contributed by atoms with Gasteiger partial charge in [0.05, 0.1) is 10.6 Å². The van der Waals surface area contributed by atoms with Gasteiger partial charge in [-0.1, -0.05) is 0 Å². The first-order chi connectivity index (χ1) is 16.0. The van der Waals surface area contributed by atoms with E-state index >= 15 is 0 Å². The Balaban J connectivity index is 1.66. The molecule has 1 aliphatic carbocycles. The third-order valence-electron chi connectivity index (χ3n) is 5.40. The van der Waals surface area contributed by atoms with Crippen molar-refractivity contribution < 1.29 is 22.0 Å². The summed E-state index contributed by atoms with van der Waals surface area (Å²) in [5, 5.41) is 5.42. The zero-order valence-electron chi connectivity index (χ0n) is 18.5. The predicted molar refractivity (Wildman–Crippen MR) is 124 cm³/mol. The van der Waals surface area contributed by atoms with E-state index < -0.39 is 31.1 Å². The number of amides is 2. The van der Waals surface area contributed by atoms with Crippen molar-refractivity contribution in [1.29, 1.82) is 0 Å². The topological polar surface area (TPSA) is 127 Å². The summed E-state index contributed by atoms with van der Waals surface area (Å²) in [5.74, 6) is -1.70. The van der Waals surface area contributed by atoms with E-state index in [0.717, 1.165) is 12.1 Å². The number of nitrogen functional groups attached to an aromatic ring is 1. The molecule has 0 bridgehead atoms. The third kappa shape index (κ3) is 4.56. The van der Waals surface area contributed by atoms with Crippen molar-refractivity contribution in [2.45, 2.75) is 42.4 Å². The molecule has 1 aliphatic rings. The van der Waals surface area contributed by atoms with Gasteiger partial charge in [-0.25, -0.2) is 32.0 Å². The minimum absolute atomic E-state index is 0.0201. The molecule has 1 heterocycles. The summed E-state index contributed by atoms with van der Waals surface area (Å²) >= 11 is 0. The highest BCUT2D eigenvalue weighted by atomic mass is 32.2. The molecule has 4 rings (SSSR count). The number of hydrogen-bond acceptors (Lipinski definition) is 6. The van der Waals surface area contributed by atoms with Crippen LogP contribution < -0.4 is 16.4 Å². The van der Waals surface area contributed by atoms with E-state index in [0.29, 0.717) is 17.3 Å². The number of nitrogens with zero attached hydrogens (tertiary/aromatic N) is 2. The summed E-state index contributed by atoms with van der Waals surface area (Å²) in [6.45, 7) is 3.68. The first kappa shape index (κ1) is 23.6. The summed E-state index contributed by atoms with van der Waals surface area (Å²) < 4.78 is 52.6. The highest BCUT2D eigenvalue weighted by Gasteiger charge is 2.58. The summed E-state index contributed by atoms with van der Waals surface area (Å²) in [6, 6.07) is 9.85. The fourth-order valence-corrected chi connectivity index (χ4v) is 5.65. The van der Waals surface area contributed by atoms with Gasteiger partial charge in [-0.3, -0.25) is 0 Å². The zero-order valence-corrected chi connectivity index (χ0v) is 19.3. The monoisotopic (exact) mass is 487 g/mol. The first-order valence-electron chi connectivity index (χ1n) is 10.5. The lowest BCUT2D eigenvalue weighted by Crippen LogP contribution is -2.34. The van der Waals surface area contributed by atoms with Gasteiger partial charge in [0.15, 0.2) is 15.7 Å². The molecule has 0 aliphatic heterocycles. The number of sulfone groups is 1. The summed E-state index contributed by atoms with van der Waals surface area (Å²) in [5.41, 5.74) is 7.22. The molecule has 8 nitrogen and oxygen atoms in total. The van der Waals surface area contributed by atoms with E-state index in [1.165, 1.54) is 6.07 Å². The molecule has 34 heavy (non-hydrogen) atoms. The number of benzene rings is 2. The number of aromatic nitrogens is 2. The molecule has 0 atom stereocenters. The van der Waals surface area contributed by atoms with Crippen molar-refractivity contribution in [2.75, 3.05) is 11.1 Å². The summed E-state index contributed by atoms with van der Waals surface area (Å²) in [7, 11) is -4.15.